The van der Waals surface area contributed by atoms with Crippen molar-refractivity contribution in [2.75, 3.05) is 13.6 Å². The topological polar surface area (TPSA) is 44.1 Å². The standard InChI is InChI=1S/C12H9FN2OS/c1-15(5-4-14)12(16)11-6-8-2-3-9(13)7-10(8)17-11/h2-3,6-7H,5H2,1H3. The number of fused-ring (bicyclic) bond motifs is 1. The fraction of sp³-hybridized carbons (Fsp3) is 0.167. The van der Waals surface area contributed by atoms with Gasteiger partial charge >= 0.3 is 0 Å². The van der Waals surface area contributed by atoms with Crippen LogP contribution < -0.4 is 0 Å². The van der Waals surface area contributed by atoms with Crippen LogP contribution in [-0.4, -0.2) is 24.4 Å². The number of carbonyl (C=O) groups excluding carboxylic acids is 1. The first-order valence-corrected chi connectivity index (χ1v) is 5.75. The summed E-state index contributed by atoms with van der Waals surface area (Å²) in [5.41, 5.74) is 0. The molecule has 0 aliphatic carbocycles. The first-order chi connectivity index (χ1) is 8.11. The highest BCUT2D eigenvalue weighted by Gasteiger charge is 2.14. The molecule has 86 valence electrons. The van der Waals surface area contributed by atoms with Gasteiger partial charge in [-0.15, -0.1) is 11.3 Å². The Morgan fingerprint density at radius 3 is 3.00 bits per heavy atom. The third-order valence-corrected chi connectivity index (χ3v) is 3.43. The van der Waals surface area contributed by atoms with Crippen molar-refractivity contribution in [2.45, 2.75) is 0 Å². The number of rotatable bonds is 2. The van der Waals surface area contributed by atoms with E-state index in [0.29, 0.717) is 4.88 Å². The van der Waals surface area contributed by atoms with Crippen molar-refractivity contribution in [1.82, 2.24) is 4.90 Å². The molecule has 17 heavy (non-hydrogen) atoms. The third kappa shape index (κ3) is 2.27. The molecule has 0 spiro atoms. The van der Waals surface area contributed by atoms with Crippen molar-refractivity contribution in [3.63, 3.8) is 0 Å². The number of amides is 1. The van der Waals surface area contributed by atoms with Gasteiger partial charge in [-0.2, -0.15) is 5.26 Å². The number of hydrogen-bond donors (Lipinski definition) is 0. The molecular formula is C12H9FN2OS. The van der Waals surface area contributed by atoms with E-state index in [4.69, 9.17) is 5.26 Å². The van der Waals surface area contributed by atoms with Crippen LogP contribution in [0.1, 0.15) is 9.67 Å². The van der Waals surface area contributed by atoms with Gasteiger partial charge < -0.3 is 4.90 Å². The summed E-state index contributed by atoms with van der Waals surface area (Å²) >= 11 is 1.23. The van der Waals surface area contributed by atoms with Crippen LogP contribution in [0.25, 0.3) is 10.1 Å². The molecule has 1 amide bonds. The van der Waals surface area contributed by atoms with Crippen molar-refractivity contribution in [3.8, 4) is 6.07 Å². The number of nitriles is 1. The first-order valence-electron chi connectivity index (χ1n) is 4.93. The molecule has 0 N–H and O–H groups in total. The molecule has 1 aromatic heterocycles. The minimum Gasteiger partial charge on any atom is -0.328 e. The van der Waals surface area contributed by atoms with Crippen molar-refractivity contribution < 1.29 is 9.18 Å². The molecule has 3 nitrogen and oxygen atoms in total. The van der Waals surface area contributed by atoms with Crippen LogP contribution in [0.3, 0.4) is 0 Å². The number of thiophene rings is 1. The Labute approximate surface area is 102 Å². The molecule has 0 saturated carbocycles. The van der Waals surface area contributed by atoms with Crippen LogP contribution in [0.5, 0.6) is 0 Å². The molecule has 0 aliphatic heterocycles. The van der Waals surface area contributed by atoms with Crippen LogP contribution in [0.2, 0.25) is 0 Å². The summed E-state index contributed by atoms with van der Waals surface area (Å²) in [6.07, 6.45) is 0. The largest absolute Gasteiger partial charge is 0.328 e. The minimum atomic E-state index is -0.316. The summed E-state index contributed by atoms with van der Waals surface area (Å²) in [4.78, 5) is 13.7. The molecule has 1 heterocycles. The summed E-state index contributed by atoms with van der Waals surface area (Å²) in [6.45, 7) is 0.0431. The van der Waals surface area contributed by atoms with Gasteiger partial charge in [0.05, 0.1) is 10.9 Å². The van der Waals surface area contributed by atoms with E-state index < -0.39 is 0 Å². The Balaban J connectivity index is 2.37. The Morgan fingerprint density at radius 2 is 2.29 bits per heavy atom. The highest BCUT2D eigenvalue weighted by atomic mass is 32.1. The predicted molar refractivity (Wildman–Crippen MR) is 64.4 cm³/mol. The quantitative estimate of drug-likeness (QED) is 0.767. The lowest BCUT2D eigenvalue weighted by molar-refractivity contribution is 0.0817. The molecular weight excluding hydrogens is 239 g/mol. The average Bonchev–Trinajstić information content (AvgIpc) is 2.71. The van der Waals surface area contributed by atoms with E-state index in [-0.39, 0.29) is 18.3 Å². The maximum atomic E-state index is 13.0. The lowest BCUT2D eigenvalue weighted by Gasteiger charge is -2.10. The van der Waals surface area contributed by atoms with Crippen LogP contribution in [0.15, 0.2) is 24.3 Å². The number of carbonyl (C=O) groups is 1. The van der Waals surface area contributed by atoms with Crippen molar-refractivity contribution >= 4 is 27.3 Å². The normalized spacial score (nSPS) is 10.2. The smallest absolute Gasteiger partial charge is 0.264 e. The Kier molecular flexibility index (Phi) is 3.07. The van der Waals surface area contributed by atoms with E-state index in [1.54, 1.807) is 19.2 Å². The van der Waals surface area contributed by atoms with Gasteiger partial charge in [-0.25, -0.2) is 4.39 Å². The lowest BCUT2D eigenvalue weighted by Crippen LogP contribution is -2.26. The fourth-order valence-corrected chi connectivity index (χ4v) is 2.56. The Morgan fingerprint density at radius 1 is 1.53 bits per heavy atom. The van der Waals surface area contributed by atoms with Gasteiger partial charge in [0.1, 0.15) is 12.4 Å². The van der Waals surface area contributed by atoms with Crippen LogP contribution in [-0.2, 0) is 0 Å². The molecule has 0 atom stereocenters. The molecule has 0 bridgehead atoms. The molecule has 0 aliphatic rings. The second-order valence-electron chi connectivity index (χ2n) is 3.61. The molecule has 1 aromatic carbocycles. The molecule has 0 fully saturated rings. The summed E-state index contributed by atoms with van der Waals surface area (Å²) in [7, 11) is 1.57. The van der Waals surface area contributed by atoms with Crippen molar-refractivity contribution in [2.24, 2.45) is 0 Å². The monoisotopic (exact) mass is 248 g/mol. The number of benzene rings is 1. The maximum absolute atomic E-state index is 13.0. The van der Waals surface area contributed by atoms with E-state index in [0.717, 1.165) is 10.1 Å². The summed E-state index contributed by atoms with van der Waals surface area (Å²) < 4.78 is 13.7. The summed E-state index contributed by atoms with van der Waals surface area (Å²) in [5.74, 6) is -0.531. The molecule has 0 unspecified atom stereocenters. The van der Waals surface area contributed by atoms with Crippen molar-refractivity contribution in [3.05, 3.63) is 35.0 Å². The SMILES string of the molecule is CN(CC#N)C(=O)c1cc2ccc(F)cc2s1. The van der Waals surface area contributed by atoms with E-state index in [1.807, 2.05) is 6.07 Å². The van der Waals surface area contributed by atoms with Crippen LogP contribution in [0.4, 0.5) is 4.39 Å². The zero-order valence-electron chi connectivity index (χ0n) is 9.11. The number of nitrogens with zero attached hydrogens (tertiary/aromatic N) is 2. The molecule has 2 aromatic rings. The summed E-state index contributed by atoms with van der Waals surface area (Å²) in [6, 6.07) is 8.04. The highest BCUT2D eigenvalue weighted by molar-refractivity contribution is 7.20. The highest BCUT2D eigenvalue weighted by Crippen LogP contribution is 2.27. The zero-order chi connectivity index (χ0) is 12.4. The van der Waals surface area contributed by atoms with Gasteiger partial charge in [-0.3, -0.25) is 4.79 Å². The van der Waals surface area contributed by atoms with Gasteiger partial charge in [-0.1, -0.05) is 6.07 Å². The molecule has 0 saturated heterocycles. The fourth-order valence-electron chi connectivity index (χ4n) is 1.48. The van der Waals surface area contributed by atoms with Crippen LogP contribution in [0, 0.1) is 17.1 Å². The van der Waals surface area contributed by atoms with Gasteiger partial charge in [-0.05, 0) is 23.6 Å². The van der Waals surface area contributed by atoms with Gasteiger partial charge in [0.25, 0.3) is 5.91 Å². The lowest BCUT2D eigenvalue weighted by atomic mass is 10.2. The number of halogens is 1. The molecule has 0 radical (unpaired) electrons. The van der Waals surface area contributed by atoms with E-state index in [2.05, 4.69) is 0 Å². The van der Waals surface area contributed by atoms with Gasteiger partial charge in [0, 0.05) is 11.7 Å². The first kappa shape index (κ1) is 11.6. The number of hydrogen-bond acceptors (Lipinski definition) is 3. The van der Waals surface area contributed by atoms with Crippen molar-refractivity contribution in [1.29, 1.82) is 5.26 Å². The minimum absolute atomic E-state index is 0.0431. The van der Waals surface area contributed by atoms with Gasteiger partial charge in [0.15, 0.2) is 0 Å². The zero-order valence-corrected chi connectivity index (χ0v) is 9.92. The van der Waals surface area contributed by atoms with E-state index in [9.17, 15) is 9.18 Å². The summed E-state index contributed by atoms with van der Waals surface area (Å²) in [5, 5.41) is 9.36. The predicted octanol–water partition coefficient (Wildman–Crippen LogP) is 2.64. The molecule has 2 rings (SSSR count). The van der Waals surface area contributed by atoms with E-state index in [1.165, 1.54) is 28.4 Å². The molecule has 5 heteroatoms. The Bertz CT molecular complexity index is 614. The van der Waals surface area contributed by atoms with Crippen LogP contribution >= 0.6 is 11.3 Å². The second kappa shape index (κ2) is 4.52. The average molecular weight is 248 g/mol. The maximum Gasteiger partial charge on any atom is 0.264 e. The van der Waals surface area contributed by atoms with Gasteiger partial charge in [0.2, 0.25) is 0 Å². The second-order valence-corrected chi connectivity index (χ2v) is 4.70. The Hall–Kier alpha value is -1.93. The van der Waals surface area contributed by atoms with E-state index >= 15 is 0 Å². The third-order valence-electron chi connectivity index (χ3n) is 2.35.